The second kappa shape index (κ2) is 5.75. The molecule has 0 aliphatic rings. The molecule has 0 radical (unpaired) electrons. The SMILES string of the molecule is COc1cccc(N)c1C(=O)NC(C)c1ccsc1. The lowest BCUT2D eigenvalue weighted by atomic mass is 10.1. The van der Waals surface area contributed by atoms with Gasteiger partial charge < -0.3 is 15.8 Å². The molecule has 2 aromatic rings. The number of methoxy groups -OCH3 is 1. The Morgan fingerprint density at radius 1 is 1.42 bits per heavy atom. The van der Waals surface area contributed by atoms with Crippen LogP contribution >= 0.6 is 11.3 Å². The van der Waals surface area contributed by atoms with Gasteiger partial charge in [0.1, 0.15) is 11.3 Å². The summed E-state index contributed by atoms with van der Waals surface area (Å²) in [7, 11) is 1.52. The molecule has 1 atom stereocenters. The fourth-order valence-electron chi connectivity index (χ4n) is 1.83. The number of amides is 1. The minimum atomic E-state index is -0.228. The van der Waals surface area contributed by atoms with E-state index in [0.29, 0.717) is 17.0 Å². The molecule has 19 heavy (non-hydrogen) atoms. The molecular formula is C14H16N2O2S. The third kappa shape index (κ3) is 2.88. The quantitative estimate of drug-likeness (QED) is 0.844. The number of benzene rings is 1. The van der Waals surface area contributed by atoms with Gasteiger partial charge >= 0.3 is 0 Å². The van der Waals surface area contributed by atoms with Crippen molar-refractivity contribution in [3.63, 3.8) is 0 Å². The van der Waals surface area contributed by atoms with Crippen molar-refractivity contribution in [1.82, 2.24) is 5.32 Å². The summed E-state index contributed by atoms with van der Waals surface area (Å²) < 4.78 is 5.18. The van der Waals surface area contributed by atoms with Gasteiger partial charge in [-0.1, -0.05) is 6.07 Å². The van der Waals surface area contributed by atoms with E-state index in [9.17, 15) is 4.79 Å². The van der Waals surface area contributed by atoms with Crippen molar-refractivity contribution in [3.05, 3.63) is 46.2 Å². The Hall–Kier alpha value is -2.01. The van der Waals surface area contributed by atoms with Crippen LogP contribution in [-0.2, 0) is 0 Å². The molecule has 2 rings (SSSR count). The van der Waals surface area contributed by atoms with Gasteiger partial charge in [0.25, 0.3) is 5.91 Å². The molecule has 1 heterocycles. The van der Waals surface area contributed by atoms with E-state index in [1.807, 2.05) is 23.8 Å². The van der Waals surface area contributed by atoms with Crippen LogP contribution in [0.4, 0.5) is 5.69 Å². The minimum Gasteiger partial charge on any atom is -0.496 e. The number of hydrogen-bond donors (Lipinski definition) is 2. The smallest absolute Gasteiger partial charge is 0.257 e. The molecule has 1 aromatic heterocycles. The maximum atomic E-state index is 12.3. The van der Waals surface area contributed by atoms with E-state index in [0.717, 1.165) is 5.56 Å². The zero-order valence-electron chi connectivity index (χ0n) is 10.8. The van der Waals surface area contributed by atoms with Gasteiger partial charge in [-0.15, -0.1) is 0 Å². The second-order valence-electron chi connectivity index (χ2n) is 4.18. The molecule has 0 bridgehead atoms. The summed E-state index contributed by atoms with van der Waals surface area (Å²) in [5.41, 5.74) is 7.72. The summed E-state index contributed by atoms with van der Waals surface area (Å²) in [6.07, 6.45) is 0. The highest BCUT2D eigenvalue weighted by atomic mass is 32.1. The van der Waals surface area contributed by atoms with Gasteiger partial charge in [-0.05, 0) is 41.4 Å². The molecular weight excluding hydrogens is 260 g/mol. The Kier molecular flexibility index (Phi) is 4.06. The predicted octanol–water partition coefficient (Wildman–Crippen LogP) is 2.83. The van der Waals surface area contributed by atoms with Gasteiger partial charge in [-0.25, -0.2) is 0 Å². The summed E-state index contributed by atoms with van der Waals surface area (Å²) in [4.78, 5) is 12.3. The highest BCUT2D eigenvalue weighted by Gasteiger charge is 2.18. The van der Waals surface area contributed by atoms with Crippen molar-refractivity contribution in [3.8, 4) is 5.75 Å². The zero-order chi connectivity index (χ0) is 13.8. The van der Waals surface area contributed by atoms with Crippen molar-refractivity contribution < 1.29 is 9.53 Å². The number of nitrogen functional groups attached to an aromatic ring is 1. The van der Waals surface area contributed by atoms with Crippen LogP contribution in [-0.4, -0.2) is 13.0 Å². The van der Waals surface area contributed by atoms with Gasteiger partial charge in [0, 0.05) is 5.69 Å². The van der Waals surface area contributed by atoms with Crippen LogP contribution in [0.25, 0.3) is 0 Å². The van der Waals surface area contributed by atoms with Crippen LogP contribution in [0.5, 0.6) is 5.75 Å². The van der Waals surface area contributed by atoms with E-state index in [1.54, 1.807) is 29.5 Å². The topological polar surface area (TPSA) is 64.3 Å². The first-order valence-corrected chi connectivity index (χ1v) is 6.83. The zero-order valence-corrected chi connectivity index (χ0v) is 11.7. The van der Waals surface area contributed by atoms with E-state index < -0.39 is 0 Å². The second-order valence-corrected chi connectivity index (χ2v) is 4.96. The molecule has 0 aliphatic carbocycles. The summed E-state index contributed by atoms with van der Waals surface area (Å²) in [6, 6.07) is 7.09. The highest BCUT2D eigenvalue weighted by Crippen LogP contribution is 2.25. The molecule has 3 N–H and O–H groups in total. The molecule has 4 nitrogen and oxygen atoms in total. The highest BCUT2D eigenvalue weighted by molar-refractivity contribution is 7.07. The summed E-state index contributed by atoms with van der Waals surface area (Å²) >= 11 is 1.60. The molecule has 0 spiro atoms. The largest absolute Gasteiger partial charge is 0.496 e. The first-order chi connectivity index (χ1) is 9.13. The average Bonchev–Trinajstić information content (AvgIpc) is 2.92. The van der Waals surface area contributed by atoms with Crippen LogP contribution in [0.3, 0.4) is 0 Å². The Balaban J connectivity index is 2.21. The Morgan fingerprint density at radius 2 is 2.21 bits per heavy atom. The van der Waals surface area contributed by atoms with Crippen LogP contribution in [0.15, 0.2) is 35.0 Å². The standard InChI is InChI=1S/C14H16N2O2S/c1-9(10-6-7-19-8-10)16-14(17)13-11(15)4-3-5-12(13)18-2/h3-9H,15H2,1-2H3,(H,16,17). The number of ether oxygens (including phenoxy) is 1. The molecule has 1 amide bonds. The molecule has 100 valence electrons. The number of carbonyl (C=O) groups is 1. The normalized spacial score (nSPS) is 11.9. The molecule has 0 saturated heterocycles. The number of nitrogens with one attached hydrogen (secondary N) is 1. The lowest BCUT2D eigenvalue weighted by Crippen LogP contribution is -2.27. The predicted molar refractivity (Wildman–Crippen MR) is 77.6 cm³/mol. The van der Waals surface area contributed by atoms with Crippen molar-refractivity contribution in [2.45, 2.75) is 13.0 Å². The molecule has 1 unspecified atom stereocenters. The van der Waals surface area contributed by atoms with E-state index in [-0.39, 0.29) is 11.9 Å². The number of nitrogens with two attached hydrogens (primary N) is 1. The van der Waals surface area contributed by atoms with E-state index in [1.165, 1.54) is 7.11 Å². The first-order valence-electron chi connectivity index (χ1n) is 5.89. The molecule has 0 saturated carbocycles. The molecule has 5 heteroatoms. The number of anilines is 1. The Morgan fingerprint density at radius 3 is 2.84 bits per heavy atom. The Bertz CT molecular complexity index is 567. The van der Waals surface area contributed by atoms with E-state index in [4.69, 9.17) is 10.5 Å². The van der Waals surface area contributed by atoms with Crippen molar-refractivity contribution in [1.29, 1.82) is 0 Å². The van der Waals surface area contributed by atoms with E-state index in [2.05, 4.69) is 5.32 Å². The summed E-state index contributed by atoms with van der Waals surface area (Å²) in [5.74, 6) is 0.253. The average molecular weight is 276 g/mol. The van der Waals surface area contributed by atoms with Crippen LogP contribution in [0.2, 0.25) is 0 Å². The van der Waals surface area contributed by atoms with Gasteiger partial charge in [-0.3, -0.25) is 4.79 Å². The number of thiophene rings is 1. The Labute approximate surface area is 116 Å². The molecule has 1 aromatic carbocycles. The van der Waals surface area contributed by atoms with Gasteiger partial charge in [0.05, 0.1) is 13.2 Å². The van der Waals surface area contributed by atoms with E-state index >= 15 is 0 Å². The van der Waals surface area contributed by atoms with Gasteiger partial charge in [0.2, 0.25) is 0 Å². The van der Waals surface area contributed by atoms with Crippen molar-refractivity contribution in [2.75, 3.05) is 12.8 Å². The van der Waals surface area contributed by atoms with Gasteiger partial charge in [0.15, 0.2) is 0 Å². The summed E-state index contributed by atoms with van der Waals surface area (Å²) in [5, 5.41) is 6.91. The van der Waals surface area contributed by atoms with Crippen molar-refractivity contribution >= 4 is 22.9 Å². The third-order valence-corrected chi connectivity index (χ3v) is 3.60. The number of hydrogen-bond acceptors (Lipinski definition) is 4. The molecule has 0 fully saturated rings. The fourth-order valence-corrected chi connectivity index (χ4v) is 2.59. The van der Waals surface area contributed by atoms with Crippen LogP contribution in [0, 0.1) is 0 Å². The minimum absolute atomic E-state index is 0.0666. The van der Waals surface area contributed by atoms with Crippen molar-refractivity contribution in [2.24, 2.45) is 0 Å². The third-order valence-electron chi connectivity index (χ3n) is 2.90. The van der Waals surface area contributed by atoms with Gasteiger partial charge in [-0.2, -0.15) is 11.3 Å². The maximum absolute atomic E-state index is 12.3. The maximum Gasteiger partial charge on any atom is 0.257 e. The lowest BCUT2D eigenvalue weighted by molar-refractivity contribution is 0.0938. The summed E-state index contributed by atoms with van der Waals surface area (Å²) in [6.45, 7) is 1.94. The number of carbonyl (C=O) groups excluding carboxylic acids is 1. The molecule has 0 aliphatic heterocycles. The first kappa shape index (κ1) is 13.4. The van der Waals surface area contributed by atoms with Crippen LogP contribution in [0.1, 0.15) is 28.9 Å². The fraction of sp³-hybridized carbons (Fsp3) is 0.214. The number of rotatable bonds is 4. The lowest BCUT2D eigenvalue weighted by Gasteiger charge is -2.15. The monoisotopic (exact) mass is 276 g/mol. The van der Waals surface area contributed by atoms with Crippen LogP contribution < -0.4 is 15.8 Å².